The molecule has 0 spiro atoms. The predicted molar refractivity (Wildman–Crippen MR) is 112 cm³/mol. The van der Waals surface area contributed by atoms with E-state index in [4.69, 9.17) is 14.2 Å². The Morgan fingerprint density at radius 2 is 1.66 bits per heavy atom. The van der Waals surface area contributed by atoms with E-state index >= 15 is 0 Å². The van der Waals surface area contributed by atoms with Crippen LogP contribution in [0.1, 0.15) is 11.1 Å². The standard InChI is InChI=1S/C23H27NO5/c1-27-20-11-8-17(9-12-20)16-24-23(26)7-5-4-6-19(25)14-18-10-13-21(28-2)22(15-18)29-3/h4-13,15,19,25H,14,16H2,1-3H3,(H,24,26)/b6-4+,7-5+/t19-/m0/s1. The number of aliphatic hydroxyl groups excluding tert-OH is 1. The number of nitrogens with one attached hydrogen (secondary N) is 1. The Labute approximate surface area is 171 Å². The van der Waals surface area contributed by atoms with Gasteiger partial charge in [0.25, 0.3) is 0 Å². The van der Waals surface area contributed by atoms with Gasteiger partial charge in [0.1, 0.15) is 5.75 Å². The molecule has 29 heavy (non-hydrogen) atoms. The Balaban J connectivity index is 1.78. The molecule has 0 saturated heterocycles. The van der Waals surface area contributed by atoms with Crippen LogP contribution in [0.3, 0.4) is 0 Å². The number of amides is 1. The maximum absolute atomic E-state index is 11.9. The van der Waals surface area contributed by atoms with E-state index < -0.39 is 6.10 Å². The van der Waals surface area contributed by atoms with Gasteiger partial charge in [0.15, 0.2) is 11.5 Å². The fraction of sp³-hybridized carbons (Fsp3) is 0.261. The lowest BCUT2D eigenvalue weighted by Crippen LogP contribution is -2.20. The van der Waals surface area contributed by atoms with E-state index in [2.05, 4.69) is 5.32 Å². The SMILES string of the molecule is COc1ccc(CNC(=O)/C=C/C=C/[C@H](O)Cc2ccc(OC)c(OC)c2)cc1. The average Bonchev–Trinajstić information content (AvgIpc) is 2.75. The van der Waals surface area contributed by atoms with Crippen molar-refractivity contribution >= 4 is 5.91 Å². The van der Waals surface area contributed by atoms with Crippen LogP contribution in [0.2, 0.25) is 0 Å². The van der Waals surface area contributed by atoms with Gasteiger partial charge < -0.3 is 24.6 Å². The maximum atomic E-state index is 11.9. The van der Waals surface area contributed by atoms with Gasteiger partial charge in [-0.25, -0.2) is 0 Å². The average molecular weight is 397 g/mol. The van der Waals surface area contributed by atoms with Crippen LogP contribution in [0.25, 0.3) is 0 Å². The van der Waals surface area contributed by atoms with Crippen molar-refractivity contribution in [3.8, 4) is 17.2 Å². The summed E-state index contributed by atoms with van der Waals surface area (Å²) >= 11 is 0. The summed E-state index contributed by atoms with van der Waals surface area (Å²) in [6, 6.07) is 13.0. The van der Waals surface area contributed by atoms with Gasteiger partial charge in [-0.2, -0.15) is 0 Å². The summed E-state index contributed by atoms with van der Waals surface area (Å²) in [5.74, 6) is 1.83. The molecule has 0 aromatic heterocycles. The van der Waals surface area contributed by atoms with Crippen molar-refractivity contribution in [3.05, 3.63) is 77.9 Å². The second-order valence-electron chi connectivity index (χ2n) is 6.27. The lowest BCUT2D eigenvalue weighted by atomic mass is 10.1. The molecular formula is C23H27NO5. The normalized spacial score (nSPS) is 12.1. The number of benzene rings is 2. The van der Waals surface area contributed by atoms with Crippen LogP contribution >= 0.6 is 0 Å². The number of hydrogen-bond acceptors (Lipinski definition) is 5. The van der Waals surface area contributed by atoms with Crippen LogP contribution in [-0.2, 0) is 17.8 Å². The van der Waals surface area contributed by atoms with Gasteiger partial charge in [-0.1, -0.05) is 36.4 Å². The Bertz CT molecular complexity index is 843. The zero-order chi connectivity index (χ0) is 21.1. The first-order valence-electron chi connectivity index (χ1n) is 9.20. The second-order valence-corrected chi connectivity index (χ2v) is 6.27. The van der Waals surface area contributed by atoms with Crippen molar-refractivity contribution in [3.63, 3.8) is 0 Å². The number of methoxy groups -OCH3 is 3. The number of carbonyl (C=O) groups excluding carboxylic acids is 1. The molecule has 0 heterocycles. The Morgan fingerprint density at radius 3 is 2.31 bits per heavy atom. The zero-order valence-electron chi connectivity index (χ0n) is 16.9. The van der Waals surface area contributed by atoms with E-state index in [-0.39, 0.29) is 5.91 Å². The van der Waals surface area contributed by atoms with Crippen molar-refractivity contribution in [2.75, 3.05) is 21.3 Å². The second kappa shape index (κ2) is 11.6. The van der Waals surface area contributed by atoms with Crippen LogP contribution < -0.4 is 19.5 Å². The van der Waals surface area contributed by atoms with Crippen LogP contribution in [0.4, 0.5) is 0 Å². The molecule has 0 aliphatic rings. The van der Waals surface area contributed by atoms with E-state index in [0.29, 0.717) is 24.5 Å². The Kier molecular flexibility index (Phi) is 8.79. The Hall–Kier alpha value is -3.25. The number of hydrogen-bond donors (Lipinski definition) is 2. The molecule has 2 rings (SSSR count). The van der Waals surface area contributed by atoms with Gasteiger partial charge in [0, 0.05) is 19.0 Å². The summed E-state index contributed by atoms with van der Waals surface area (Å²) in [4.78, 5) is 11.9. The highest BCUT2D eigenvalue weighted by Crippen LogP contribution is 2.28. The molecule has 0 bridgehead atoms. The van der Waals surface area contributed by atoms with Crippen molar-refractivity contribution in [2.45, 2.75) is 19.1 Å². The molecule has 2 aromatic carbocycles. The summed E-state index contributed by atoms with van der Waals surface area (Å²) in [6.45, 7) is 0.429. The van der Waals surface area contributed by atoms with E-state index in [1.807, 2.05) is 36.4 Å². The van der Waals surface area contributed by atoms with Crippen LogP contribution in [0.15, 0.2) is 66.8 Å². The summed E-state index contributed by atoms with van der Waals surface area (Å²) in [6.07, 6.45) is 6.04. The molecule has 2 aromatic rings. The minimum Gasteiger partial charge on any atom is -0.497 e. The topological polar surface area (TPSA) is 77.0 Å². The van der Waals surface area contributed by atoms with E-state index in [9.17, 15) is 9.90 Å². The van der Waals surface area contributed by atoms with Crippen molar-refractivity contribution < 1.29 is 24.1 Å². The monoisotopic (exact) mass is 397 g/mol. The molecule has 0 radical (unpaired) electrons. The maximum Gasteiger partial charge on any atom is 0.244 e. The molecule has 0 fully saturated rings. The van der Waals surface area contributed by atoms with Crippen LogP contribution in [0, 0.1) is 0 Å². The molecule has 0 unspecified atom stereocenters. The largest absolute Gasteiger partial charge is 0.497 e. The molecule has 0 aliphatic carbocycles. The zero-order valence-corrected chi connectivity index (χ0v) is 16.9. The van der Waals surface area contributed by atoms with E-state index in [0.717, 1.165) is 16.9 Å². The van der Waals surface area contributed by atoms with Crippen molar-refractivity contribution in [1.29, 1.82) is 0 Å². The van der Waals surface area contributed by atoms with Gasteiger partial charge in [-0.15, -0.1) is 0 Å². The highest BCUT2D eigenvalue weighted by Gasteiger charge is 2.07. The van der Waals surface area contributed by atoms with Gasteiger partial charge in [0.2, 0.25) is 5.91 Å². The van der Waals surface area contributed by atoms with E-state index in [1.54, 1.807) is 45.6 Å². The lowest BCUT2D eigenvalue weighted by Gasteiger charge is -2.10. The smallest absolute Gasteiger partial charge is 0.244 e. The third kappa shape index (κ3) is 7.35. The summed E-state index contributed by atoms with van der Waals surface area (Å²) in [5.41, 5.74) is 1.90. The van der Waals surface area contributed by atoms with Crippen molar-refractivity contribution in [1.82, 2.24) is 5.32 Å². The first kappa shape index (κ1) is 22.0. The molecule has 6 heteroatoms. The highest BCUT2D eigenvalue weighted by molar-refractivity contribution is 5.87. The Morgan fingerprint density at radius 1 is 0.966 bits per heavy atom. The van der Waals surface area contributed by atoms with Crippen LogP contribution in [0.5, 0.6) is 17.2 Å². The molecule has 1 atom stereocenters. The first-order valence-corrected chi connectivity index (χ1v) is 9.20. The molecule has 0 aliphatic heterocycles. The number of allylic oxidation sites excluding steroid dienone is 2. The van der Waals surface area contributed by atoms with Gasteiger partial charge in [-0.05, 0) is 35.4 Å². The quantitative estimate of drug-likeness (QED) is 0.476. The summed E-state index contributed by atoms with van der Waals surface area (Å²) < 4.78 is 15.6. The van der Waals surface area contributed by atoms with E-state index in [1.165, 1.54) is 6.08 Å². The number of ether oxygens (including phenoxy) is 3. The lowest BCUT2D eigenvalue weighted by molar-refractivity contribution is -0.116. The fourth-order valence-corrected chi connectivity index (χ4v) is 2.64. The van der Waals surface area contributed by atoms with Crippen molar-refractivity contribution in [2.24, 2.45) is 0 Å². The molecule has 0 saturated carbocycles. The molecule has 1 amide bonds. The number of aliphatic hydroxyl groups is 1. The molecule has 154 valence electrons. The molecule has 6 nitrogen and oxygen atoms in total. The predicted octanol–water partition coefficient (Wildman–Crippen LogP) is 3.04. The van der Waals surface area contributed by atoms with Gasteiger partial charge >= 0.3 is 0 Å². The summed E-state index contributed by atoms with van der Waals surface area (Å²) in [5, 5.41) is 12.9. The minimum absolute atomic E-state index is 0.208. The third-order valence-corrected chi connectivity index (χ3v) is 4.21. The first-order chi connectivity index (χ1) is 14.0. The van der Waals surface area contributed by atoms with Crippen LogP contribution in [-0.4, -0.2) is 38.4 Å². The molecule has 2 N–H and O–H groups in total. The third-order valence-electron chi connectivity index (χ3n) is 4.21. The fourth-order valence-electron chi connectivity index (χ4n) is 2.64. The highest BCUT2D eigenvalue weighted by atomic mass is 16.5. The number of carbonyl (C=O) groups is 1. The van der Waals surface area contributed by atoms with Gasteiger partial charge in [-0.3, -0.25) is 4.79 Å². The summed E-state index contributed by atoms with van der Waals surface area (Å²) in [7, 11) is 4.76. The molecular weight excluding hydrogens is 370 g/mol. The number of rotatable bonds is 10. The minimum atomic E-state index is -0.680. The van der Waals surface area contributed by atoms with Gasteiger partial charge in [0.05, 0.1) is 27.4 Å².